The van der Waals surface area contributed by atoms with Crippen LogP contribution in [-0.4, -0.2) is 28.2 Å². The molecule has 0 aromatic carbocycles. The van der Waals surface area contributed by atoms with E-state index in [0.717, 1.165) is 12.1 Å². The average Bonchev–Trinajstić information content (AvgIpc) is 2.75. The molecule has 100 valence electrons. The zero-order chi connectivity index (χ0) is 13.0. The van der Waals surface area contributed by atoms with E-state index in [4.69, 9.17) is 0 Å². The van der Waals surface area contributed by atoms with Gasteiger partial charge in [0.2, 0.25) is 0 Å². The molecule has 18 heavy (non-hydrogen) atoms. The van der Waals surface area contributed by atoms with Gasteiger partial charge in [0.25, 0.3) is 5.91 Å². The van der Waals surface area contributed by atoms with E-state index in [1.165, 1.54) is 19.3 Å². The van der Waals surface area contributed by atoms with Gasteiger partial charge < -0.3 is 15.0 Å². The summed E-state index contributed by atoms with van der Waals surface area (Å²) in [5.74, 6) is -0.0322. The van der Waals surface area contributed by atoms with Crippen molar-refractivity contribution in [2.75, 3.05) is 6.54 Å². The van der Waals surface area contributed by atoms with Crippen LogP contribution in [0.3, 0.4) is 0 Å². The van der Waals surface area contributed by atoms with Gasteiger partial charge in [-0.2, -0.15) is 0 Å². The first-order valence-corrected chi connectivity index (χ1v) is 6.85. The standard InChI is InChI=1S/C14H22N2O2/c1-2-12(17)8-9-15-14(18)13-7-4-10-16(13)11-5-3-6-11/h4,7,10-12,17H,2-3,5-6,8-9H2,1H3,(H,15,18). The molecule has 2 rings (SSSR count). The average molecular weight is 250 g/mol. The molecular weight excluding hydrogens is 228 g/mol. The molecule has 0 bridgehead atoms. The highest BCUT2D eigenvalue weighted by Crippen LogP contribution is 2.32. The van der Waals surface area contributed by atoms with Crippen LogP contribution in [0.1, 0.15) is 55.6 Å². The van der Waals surface area contributed by atoms with Gasteiger partial charge in [-0.15, -0.1) is 0 Å². The van der Waals surface area contributed by atoms with E-state index < -0.39 is 0 Å². The molecule has 1 aliphatic carbocycles. The SMILES string of the molecule is CCC(O)CCNC(=O)c1cccn1C1CCC1. The molecule has 4 heteroatoms. The van der Waals surface area contributed by atoms with E-state index in [1.807, 2.05) is 25.3 Å². The fraction of sp³-hybridized carbons (Fsp3) is 0.643. The van der Waals surface area contributed by atoms with Gasteiger partial charge in [0.1, 0.15) is 5.69 Å². The Morgan fingerprint density at radius 2 is 2.39 bits per heavy atom. The normalized spacial score (nSPS) is 17.2. The Bertz CT molecular complexity index is 396. The molecule has 1 aliphatic rings. The number of amides is 1. The van der Waals surface area contributed by atoms with E-state index in [0.29, 0.717) is 19.0 Å². The lowest BCUT2D eigenvalue weighted by atomic mass is 9.93. The van der Waals surface area contributed by atoms with Crippen LogP contribution in [-0.2, 0) is 0 Å². The first kappa shape index (κ1) is 13.1. The summed E-state index contributed by atoms with van der Waals surface area (Å²) in [4.78, 5) is 12.0. The van der Waals surface area contributed by atoms with Crippen LogP contribution < -0.4 is 5.32 Å². The van der Waals surface area contributed by atoms with Crippen molar-refractivity contribution < 1.29 is 9.90 Å². The van der Waals surface area contributed by atoms with Crippen LogP contribution >= 0.6 is 0 Å². The number of nitrogens with zero attached hydrogens (tertiary/aromatic N) is 1. The van der Waals surface area contributed by atoms with Crippen LogP contribution in [0.25, 0.3) is 0 Å². The maximum atomic E-state index is 12.0. The van der Waals surface area contributed by atoms with Crippen LogP contribution in [0.2, 0.25) is 0 Å². The minimum absolute atomic E-state index is 0.0322. The molecule has 0 radical (unpaired) electrons. The number of carbonyl (C=O) groups excluding carboxylic acids is 1. The Hall–Kier alpha value is -1.29. The van der Waals surface area contributed by atoms with E-state index in [-0.39, 0.29) is 12.0 Å². The predicted octanol–water partition coefficient (Wildman–Crippen LogP) is 2.10. The number of carbonyl (C=O) groups is 1. The maximum absolute atomic E-state index is 12.0. The molecule has 1 heterocycles. The second kappa shape index (κ2) is 6.05. The summed E-state index contributed by atoms with van der Waals surface area (Å²) in [6, 6.07) is 4.29. The van der Waals surface area contributed by atoms with Crippen LogP contribution in [0.15, 0.2) is 18.3 Å². The highest BCUT2D eigenvalue weighted by molar-refractivity contribution is 5.92. The topological polar surface area (TPSA) is 54.3 Å². The predicted molar refractivity (Wildman–Crippen MR) is 70.6 cm³/mol. The van der Waals surface area contributed by atoms with Crippen molar-refractivity contribution in [2.24, 2.45) is 0 Å². The molecule has 1 fully saturated rings. The van der Waals surface area contributed by atoms with Gasteiger partial charge in [-0.3, -0.25) is 4.79 Å². The zero-order valence-electron chi connectivity index (χ0n) is 10.9. The maximum Gasteiger partial charge on any atom is 0.267 e. The Labute approximate surface area is 108 Å². The number of hydrogen-bond donors (Lipinski definition) is 2. The summed E-state index contributed by atoms with van der Waals surface area (Å²) in [5, 5.41) is 12.3. The summed E-state index contributed by atoms with van der Waals surface area (Å²) in [6.07, 6.45) is 6.61. The second-order valence-corrected chi connectivity index (χ2v) is 4.99. The van der Waals surface area contributed by atoms with Crippen molar-refractivity contribution in [1.29, 1.82) is 0 Å². The lowest BCUT2D eigenvalue weighted by Crippen LogP contribution is -2.30. The number of aromatic nitrogens is 1. The quantitative estimate of drug-likeness (QED) is 0.812. The Balaban J connectivity index is 1.86. The Kier molecular flexibility index (Phi) is 4.42. The molecule has 1 aromatic rings. The van der Waals surface area contributed by atoms with Crippen molar-refractivity contribution in [3.8, 4) is 0 Å². The summed E-state index contributed by atoms with van der Waals surface area (Å²) >= 11 is 0. The van der Waals surface area contributed by atoms with E-state index in [2.05, 4.69) is 9.88 Å². The lowest BCUT2D eigenvalue weighted by molar-refractivity contribution is 0.0927. The molecule has 1 unspecified atom stereocenters. The zero-order valence-corrected chi connectivity index (χ0v) is 10.9. The van der Waals surface area contributed by atoms with Gasteiger partial charge in [-0.1, -0.05) is 6.92 Å². The molecule has 0 saturated heterocycles. The van der Waals surface area contributed by atoms with Gasteiger partial charge in [-0.05, 0) is 44.2 Å². The molecule has 1 amide bonds. The van der Waals surface area contributed by atoms with E-state index in [9.17, 15) is 9.90 Å². The summed E-state index contributed by atoms with van der Waals surface area (Å²) in [7, 11) is 0. The third-order valence-electron chi connectivity index (χ3n) is 3.71. The van der Waals surface area contributed by atoms with E-state index >= 15 is 0 Å². The minimum atomic E-state index is -0.316. The number of hydrogen-bond acceptors (Lipinski definition) is 2. The van der Waals surface area contributed by atoms with E-state index in [1.54, 1.807) is 0 Å². The van der Waals surface area contributed by atoms with Crippen molar-refractivity contribution in [2.45, 2.75) is 51.2 Å². The lowest BCUT2D eigenvalue weighted by Gasteiger charge is -2.28. The number of aliphatic hydroxyl groups excluding tert-OH is 1. The first-order valence-electron chi connectivity index (χ1n) is 6.85. The van der Waals surface area contributed by atoms with Crippen molar-refractivity contribution in [3.63, 3.8) is 0 Å². The molecule has 1 saturated carbocycles. The molecule has 1 atom stereocenters. The van der Waals surface area contributed by atoms with Gasteiger partial charge in [0, 0.05) is 18.8 Å². The van der Waals surface area contributed by atoms with Crippen molar-refractivity contribution in [1.82, 2.24) is 9.88 Å². The monoisotopic (exact) mass is 250 g/mol. The molecular formula is C14H22N2O2. The number of aliphatic hydroxyl groups is 1. The van der Waals surface area contributed by atoms with Gasteiger partial charge in [0.15, 0.2) is 0 Å². The molecule has 1 aromatic heterocycles. The third-order valence-corrected chi connectivity index (χ3v) is 3.71. The largest absolute Gasteiger partial charge is 0.393 e. The summed E-state index contributed by atoms with van der Waals surface area (Å²) in [6.45, 7) is 2.47. The fourth-order valence-corrected chi connectivity index (χ4v) is 2.22. The minimum Gasteiger partial charge on any atom is -0.393 e. The molecule has 0 spiro atoms. The first-order chi connectivity index (χ1) is 8.72. The highest BCUT2D eigenvalue weighted by atomic mass is 16.3. The van der Waals surface area contributed by atoms with Crippen LogP contribution in [0.4, 0.5) is 0 Å². The molecule has 2 N–H and O–H groups in total. The van der Waals surface area contributed by atoms with Crippen molar-refractivity contribution in [3.05, 3.63) is 24.0 Å². The fourth-order valence-electron chi connectivity index (χ4n) is 2.22. The van der Waals surface area contributed by atoms with Crippen LogP contribution in [0, 0.1) is 0 Å². The number of rotatable bonds is 6. The Morgan fingerprint density at radius 3 is 3.00 bits per heavy atom. The molecule has 4 nitrogen and oxygen atoms in total. The smallest absolute Gasteiger partial charge is 0.267 e. The highest BCUT2D eigenvalue weighted by Gasteiger charge is 2.22. The van der Waals surface area contributed by atoms with Gasteiger partial charge in [-0.25, -0.2) is 0 Å². The van der Waals surface area contributed by atoms with Gasteiger partial charge >= 0.3 is 0 Å². The summed E-state index contributed by atoms with van der Waals surface area (Å²) < 4.78 is 2.08. The number of nitrogens with one attached hydrogen (secondary N) is 1. The molecule has 0 aliphatic heterocycles. The Morgan fingerprint density at radius 1 is 1.61 bits per heavy atom. The third kappa shape index (κ3) is 2.93. The summed E-state index contributed by atoms with van der Waals surface area (Å²) in [5.41, 5.74) is 0.741. The van der Waals surface area contributed by atoms with Crippen LogP contribution in [0.5, 0.6) is 0 Å². The second-order valence-electron chi connectivity index (χ2n) is 4.99. The van der Waals surface area contributed by atoms with Gasteiger partial charge in [0.05, 0.1) is 6.10 Å². The van der Waals surface area contributed by atoms with Crippen molar-refractivity contribution >= 4 is 5.91 Å².